The summed E-state index contributed by atoms with van der Waals surface area (Å²) in [5.74, 6) is -3.43. The lowest BCUT2D eigenvalue weighted by Crippen LogP contribution is -2.29. The lowest BCUT2D eigenvalue weighted by atomic mass is 10.0. The van der Waals surface area contributed by atoms with Crippen molar-refractivity contribution < 1.29 is 13.2 Å². The van der Waals surface area contributed by atoms with Crippen molar-refractivity contribution >= 4 is 0 Å². The molecule has 0 aliphatic carbocycles. The summed E-state index contributed by atoms with van der Waals surface area (Å²) in [4.78, 5) is 0. The van der Waals surface area contributed by atoms with E-state index in [2.05, 4.69) is 5.10 Å². The normalized spacial score (nSPS) is 13.6. The van der Waals surface area contributed by atoms with Gasteiger partial charge in [0.15, 0.2) is 0 Å². The number of alkyl halides is 2. The Morgan fingerprint density at radius 3 is 2.35 bits per heavy atom. The maximum Gasteiger partial charge on any atom is 0.271 e. The second-order valence-corrected chi connectivity index (χ2v) is 3.90. The van der Waals surface area contributed by atoms with Crippen LogP contribution in [0.5, 0.6) is 0 Å². The maximum absolute atomic E-state index is 13.6. The molecule has 0 N–H and O–H groups in total. The largest absolute Gasteiger partial charge is 0.271 e. The van der Waals surface area contributed by atoms with Crippen LogP contribution in [-0.2, 0) is 0 Å². The fraction of sp³-hybridized carbons (Fsp3) is 0.250. The van der Waals surface area contributed by atoms with Gasteiger partial charge in [0.25, 0.3) is 5.92 Å². The highest BCUT2D eigenvalue weighted by Crippen LogP contribution is 2.33. The van der Waals surface area contributed by atoms with E-state index in [9.17, 15) is 13.2 Å². The molecule has 1 unspecified atom stereocenters. The van der Waals surface area contributed by atoms with Gasteiger partial charge in [0.2, 0.25) is 0 Å². The van der Waals surface area contributed by atoms with Gasteiger partial charge in [0.05, 0.1) is 0 Å². The number of aromatic nitrogens is 2. The molecular weight excluding hydrogens is 229 g/mol. The fourth-order valence-electron chi connectivity index (χ4n) is 1.76. The molecular formula is C12H11F3N2. The summed E-state index contributed by atoms with van der Waals surface area (Å²) < 4.78 is 41.1. The van der Waals surface area contributed by atoms with Crippen LogP contribution in [-0.4, -0.2) is 15.7 Å². The third-order valence-corrected chi connectivity index (χ3v) is 2.46. The minimum absolute atomic E-state index is 0.322. The first-order valence-corrected chi connectivity index (χ1v) is 5.11. The number of benzene rings is 1. The number of rotatable bonds is 3. The van der Waals surface area contributed by atoms with Crippen molar-refractivity contribution in [2.45, 2.75) is 18.9 Å². The molecule has 1 atom stereocenters. The monoisotopic (exact) mass is 240 g/mol. The van der Waals surface area contributed by atoms with Gasteiger partial charge in [-0.1, -0.05) is 12.1 Å². The highest BCUT2D eigenvalue weighted by Gasteiger charge is 2.37. The molecule has 0 spiro atoms. The van der Waals surface area contributed by atoms with Crippen LogP contribution in [0.3, 0.4) is 0 Å². The first-order chi connectivity index (χ1) is 7.98. The van der Waals surface area contributed by atoms with Crippen LogP contribution >= 0.6 is 0 Å². The first-order valence-electron chi connectivity index (χ1n) is 5.11. The van der Waals surface area contributed by atoms with Gasteiger partial charge < -0.3 is 0 Å². The van der Waals surface area contributed by atoms with E-state index in [1.165, 1.54) is 29.2 Å². The second-order valence-electron chi connectivity index (χ2n) is 3.90. The molecule has 1 heterocycles. The van der Waals surface area contributed by atoms with Gasteiger partial charge in [0.1, 0.15) is 11.9 Å². The first kappa shape index (κ1) is 11.7. The van der Waals surface area contributed by atoms with Crippen LogP contribution < -0.4 is 0 Å². The average Bonchev–Trinajstić information content (AvgIpc) is 2.72. The molecule has 17 heavy (non-hydrogen) atoms. The van der Waals surface area contributed by atoms with Crippen molar-refractivity contribution in [2.24, 2.45) is 0 Å². The molecule has 90 valence electrons. The lowest BCUT2D eigenvalue weighted by Gasteiger charge is -2.24. The number of hydrogen-bond acceptors (Lipinski definition) is 1. The highest BCUT2D eigenvalue weighted by atomic mass is 19.3. The van der Waals surface area contributed by atoms with Crippen molar-refractivity contribution in [1.29, 1.82) is 0 Å². The molecule has 0 amide bonds. The van der Waals surface area contributed by atoms with Crippen LogP contribution in [0.4, 0.5) is 13.2 Å². The Morgan fingerprint density at radius 1 is 1.24 bits per heavy atom. The summed E-state index contributed by atoms with van der Waals surface area (Å²) in [5, 5.41) is 3.82. The van der Waals surface area contributed by atoms with E-state index in [0.717, 1.165) is 19.1 Å². The van der Waals surface area contributed by atoms with E-state index in [-0.39, 0.29) is 0 Å². The van der Waals surface area contributed by atoms with Crippen molar-refractivity contribution in [3.8, 4) is 0 Å². The lowest BCUT2D eigenvalue weighted by molar-refractivity contribution is -0.0217. The van der Waals surface area contributed by atoms with Crippen molar-refractivity contribution in [3.05, 3.63) is 54.1 Å². The van der Waals surface area contributed by atoms with Crippen LogP contribution in [0.2, 0.25) is 0 Å². The van der Waals surface area contributed by atoms with Gasteiger partial charge in [0, 0.05) is 19.3 Å². The summed E-state index contributed by atoms with van der Waals surface area (Å²) in [6.07, 6.45) is 2.90. The van der Waals surface area contributed by atoms with Crippen LogP contribution in [0, 0.1) is 5.82 Å². The minimum atomic E-state index is -2.98. The van der Waals surface area contributed by atoms with Gasteiger partial charge in [-0.05, 0) is 23.8 Å². The molecule has 0 radical (unpaired) electrons. The SMILES string of the molecule is CC(F)(F)C(c1ccc(F)cc1)n1cccn1. The molecule has 2 aromatic rings. The van der Waals surface area contributed by atoms with Crippen molar-refractivity contribution in [1.82, 2.24) is 9.78 Å². The Hall–Kier alpha value is -1.78. The summed E-state index contributed by atoms with van der Waals surface area (Å²) in [7, 11) is 0. The predicted octanol–water partition coefficient (Wildman–Crippen LogP) is 3.27. The zero-order chi connectivity index (χ0) is 12.5. The Balaban J connectivity index is 2.45. The van der Waals surface area contributed by atoms with Crippen LogP contribution in [0.15, 0.2) is 42.7 Å². The summed E-state index contributed by atoms with van der Waals surface area (Å²) in [6.45, 7) is 0.822. The number of nitrogens with zero attached hydrogens (tertiary/aromatic N) is 2. The van der Waals surface area contributed by atoms with Gasteiger partial charge in [-0.25, -0.2) is 13.2 Å². The molecule has 1 aromatic carbocycles. The quantitative estimate of drug-likeness (QED) is 0.805. The molecule has 0 saturated heterocycles. The van der Waals surface area contributed by atoms with Gasteiger partial charge in [-0.15, -0.1) is 0 Å². The Labute approximate surface area is 96.7 Å². The van der Waals surface area contributed by atoms with Gasteiger partial charge in [-0.3, -0.25) is 4.68 Å². The van der Waals surface area contributed by atoms with E-state index in [0.29, 0.717) is 5.56 Å². The van der Waals surface area contributed by atoms with E-state index in [1.54, 1.807) is 6.07 Å². The maximum atomic E-state index is 13.6. The zero-order valence-corrected chi connectivity index (χ0v) is 9.15. The smallest absolute Gasteiger partial charge is 0.259 e. The Morgan fingerprint density at radius 2 is 1.88 bits per heavy atom. The third-order valence-electron chi connectivity index (χ3n) is 2.46. The topological polar surface area (TPSA) is 17.8 Å². The molecule has 2 nitrogen and oxygen atoms in total. The number of hydrogen-bond donors (Lipinski definition) is 0. The highest BCUT2D eigenvalue weighted by molar-refractivity contribution is 5.22. The molecule has 0 aliphatic rings. The average molecular weight is 240 g/mol. The van der Waals surface area contributed by atoms with E-state index >= 15 is 0 Å². The zero-order valence-electron chi connectivity index (χ0n) is 9.15. The van der Waals surface area contributed by atoms with Gasteiger partial charge in [-0.2, -0.15) is 5.10 Å². The molecule has 0 aliphatic heterocycles. The van der Waals surface area contributed by atoms with E-state index < -0.39 is 17.8 Å². The summed E-state index contributed by atoms with van der Waals surface area (Å²) >= 11 is 0. The minimum Gasteiger partial charge on any atom is -0.259 e. The third kappa shape index (κ3) is 2.49. The summed E-state index contributed by atoms with van der Waals surface area (Å²) in [6, 6.07) is 5.37. The van der Waals surface area contributed by atoms with E-state index in [4.69, 9.17) is 0 Å². The van der Waals surface area contributed by atoms with E-state index in [1.807, 2.05) is 0 Å². The Bertz CT molecular complexity index is 471. The molecule has 0 fully saturated rings. The summed E-state index contributed by atoms with van der Waals surface area (Å²) in [5.41, 5.74) is 0.322. The van der Waals surface area contributed by atoms with Gasteiger partial charge >= 0.3 is 0 Å². The van der Waals surface area contributed by atoms with Crippen molar-refractivity contribution in [2.75, 3.05) is 0 Å². The molecule has 0 bridgehead atoms. The predicted molar refractivity (Wildman–Crippen MR) is 57.4 cm³/mol. The molecule has 1 aromatic heterocycles. The van der Waals surface area contributed by atoms with Crippen molar-refractivity contribution in [3.63, 3.8) is 0 Å². The van der Waals surface area contributed by atoms with Crippen LogP contribution in [0.25, 0.3) is 0 Å². The molecule has 2 rings (SSSR count). The number of halogens is 3. The molecule has 5 heteroatoms. The Kier molecular flexibility index (Phi) is 2.92. The second kappa shape index (κ2) is 4.24. The standard InChI is InChI=1S/C12H11F3N2/c1-12(14,15)11(17-8-2-7-16-17)9-3-5-10(13)6-4-9/h2-8,11H,1H3. The molecule has 0 saturated carbocycles. The van der Waals surface area contributed by atoms with Crippen LogP contribution in [0.1, 0.15) is 18.5 Å². The fourth-order valence-corrected chi connectivity index (χ4v) is 1.76.